The maximum absolute atomic E-state index is 15.7. The number of amides is 2. The standard InChI is InChI=1S/C62H40N8O10S5/c1-3-69-53(71)51(84-55(69)39(27-63)28-64)67-43-25-41-45(61(43,57(73)77-31-35-17-9-5-10-18-35)58(74)78-32-36-19-11-6-12-20-36)47-49(81-41)50-48(83-47)46-42(82-50)26-44(68-52-54(72)70(4-2)56(85-52)40(29-65)30-66)62(46,59(75)79-33-37-21-13-7-14-22-37)60(76)80-34-38-23-15-8-16-24-38/h5-26H,3-4,31-34H2,1-2H3/b67-51-,68-52-. The van der Waals surface area contributed by atoms with Crippen LogP contribution in [0.5, 0.6) is 0 Å². The predicted molar refractivity (Wildman–Crippen MR) is 321 cm³/mol. The molecule has 11 rings (SSSR count). The lowest BCUT2D eigenvalue weighted by Gasteiger charge is -2.28. The number of hydrogen-bond donors (Lipinski definition) is 0. The van der Waals surface area contributed by atoms with E-state index in [9.17, 15) is 30.6 Å². The quantitative estimate of drug-likeness (QED) is 0.0377. The van der Waals surface area contributed by atoms with E-state index in [1.165, 1.54) is 22.0 Å². The highest BCUT2D eigenvalue weighted by molar-refractivity contribution is 8.20. The van der Waals surface area contributed by atoms with Gasteiger partial charge in [-0.15, -0.1) is 34.0 Å². The molecule has 0 spiro atoms. The number of esters is 4. The van der Waals surface area contributed by atoms with E-state index in [1.54, 1.807) is 135 Å². The molecule has 0 unspecified atom stereocenters. The highest BCUT2D eigenvalue weighted by atomic mass is 32.2. The van der Waals surface area contributed by atoms with Crippen LogP contribution in [-0.4, -0.2) is 68.7 Å². The molecule has 5 heterocycles. The molecule has 0 radical (unpaired) electrons. The molecule has 2 fully saturated rings. The van der Waals surface area contributed by atoms with Crippen molar-refractivity contribution in [3.05, 3.63) is 197 Å². The first-order valence-electron chi connectivity index (χ1n) is 25.9. The molecule has 4 aliphatic rings. The number of allylic oxidation sites excluding steroid dienone is 2. The van der Waals surface area contributed by atoms with Gasteiger partial charge in [0.05, 0.1) is 30.2 Å². The summed E-state index contributed by atoms with van der Waals surface area (Å²) in [7, 11) is 0. The van der Waals surface area contributed by atoms with Gasteiger partial charge in [-0.05, 0) is 71.8 Å². The fourth-order valence-corrected chi connectivity index (χ4v) is 16.7. The summed E-state index contributed by atoms with van der Waals surface area (Å²) in [5, 5.41) is 39.2. The fourth-order valence-electron chi connectivity index (χ4n) is 9.99. The zero-order valence-electron chi connectivity index (χ0n) is 44.6. The third-order valence-corrected chi connectivity index (χ3v) is 20.1. The second-order valence-electron chi connectivity index (χ2n) is 18.9. The lowest BCUT2D eigenvalue weighted by molar-refractivity contribution is -0.166. The number of carbonyl (C=O) groups is 6. The zero-order chi connectivity index (χ0) is 59.6. The summed E-state index contributed by atoms with van der Waals surface area (Å²) in [5.41, 5.74) is -3.97. The van der Waals surface area contributed by atoms with Gasteiger partial charge in [-0.1, -0.05) is 121 Å². The van der Waals surface area contributed by atoms with Crippen LogP contribution in [0.2, 0.25) is 0 Å². The number of thiophene rings is 3. The highest BCUT2D eigenvalue weighted by Gasteiger charge is 2.63. The first-order chi connectivity index (χ1) is 41.3. The van der Waals surface area contributed by atoms with Crippen molar-refractivity contribution in [3.63, 3.8) is 0 Å². The molecule has 0 bridgehead atoms. The van der Waals surface area contributed by atoms with Gasteiger partial charge in [0, 0.05) is 34.0 Å². The van der Waals surface area contributed by atoms with Crippen molar-refractivity contribution in [2.24, 2.45) is 9.98 Å². The Kier molecular flexibility index (Phi) is 16.0. The molecule has 3 aromatic heterocycles. The Morgan fingerprint density at radius 1 is 0.459 bits per heavy atom. The van der Waals surface area contributed by atoms with Crippen molar-refractivity contribution < 1.29 is 47.7 Å². The molecule has 4 aromatic carbocycles. The van der Waals surface area contributed by atoms with Crippen LogP contribution in [0.15, 0.2) is 164 Å². The van der Waals surface area contributed by atoms with Gasteiger partial charge in [0.15, 0.2) is 21.2 Å². The molecule has 0 atom stereocenters. The van der Waals surface area contributed by atoms with Gasteiger partial charge in [0.25, 0.3) is 11.8 Å². The van der Waals surface area contributed by atoms with Crippen molar-refractivity contribution in [2.75, 3.05) is 13.1 Å². The number of carbonyl (C=O) groups excluding carboxylic acids is 6. The molecule has 2 aliphatic carbocycles. The summed E-state index contributed by atoms with van der Waals surface area (Å²) >= 11 is 4.84. The molecule has 0 N–H and O–H groups in total. The van der Waals surface area contributed by atoms with Gasteiger partial charge in [-0.2, -0.15) is 21.0 Å². The highest BCUT2D eigenvalue weighted by Crippen LogP contribution is 2.61. The minimum Gasteiger partial charge on any atom is -0.459 e. The number of ether oxygens (including phenoxy) is 4. The topological polar surface area (TPSA) is 266 Å². The van der Waals surface area contributed by atoms with Crippen molar-refractivity contribution in [3.8, 4) is 24.3 Å². The number of hydrogen-bond acceptors (Lipinski definition) is 21. The summed E-state index contributed by atoms with van der Waals surface area (Å²) in [6.45, 7) is 2.11. The normalized spacial score (nSPS) is 16.3. The van der Waals surface area contributed by atoms with Crippen molar-refractivity contribution in [1.29, 1.82) is 21.0 Å². The van der Waals surface area contributed by atoms with E-state index in [2.05, 4.69) is 0 Å². The van der Waals surface area contributed by atoms with Crippen LogP contribution in [-0.2, 0) is 85.0 Å². The monoisotopic (exact) mass is 1220 g/mol. The minimum atomic E-state index is -2.59. The molecule has 85 heavy (non-hydrogen) atoms. The van der Waals surface area contributed by atoms with E-state index in [0.29, 0.717) is 50.8 Å². The molecule has 2 amide bonds. The third-order valence-electron chi connectivity index (χ3n) is 14.0. The Hall–Kier alpha value is -9.72. The molecule has 418 valence electrons. The smallest absolute Gasteiger partial charge is 0.334 e. The predicted octanol–water partition coefficient (Wildman–Crippen LogP) is 10.8. The van der Waals surface area contributed by atoms with Crippen LogP contribution in [0, 0.1) is 45.3 Å². The molecular formula is C62H40N8O10S5. The number of aliphatic imine (C=N–C) groups is 2. The first-order valence-corrected chi connectivity index (χ1v) is 30.0. The van der Waals surface area contributed by atoms with Crippen LogP contribution in [0.4, 0.5) is 0 Å². The Balaban J connectivity index is 1.15. The molecule has 7 aromatic rings. The van der Waals surface area contributed by atoms with Crippen LogP contribution in [0.3, 0.4) is 0 Å². The van der Waals surface area contributed by atoms with E-state index < -0.39 is 46.5 Å². The van der Waals surface area contributed by atoms with Crippen molar-refractivity contribution >= 4 is 134 Å². The number of fused-ring (bicyclic) bond motifs is 7. The van der Waals surface area contributed by atoms with E-state index >= 15 is 19.2 Å². The van der Waals surface area contributed by atoms with Crippen LogP contribution in [0.1, 0.15) is 57.0 Å². The summed E-state index contributed by atoms with van der Waals surface area (Å²) in [4.78, 5) is 104. The first kappa shape index (κ1) is 57.1. The second kappa shape index (κ2) is 23.9. The average Bonchev–Trinajstić information content (AvgIpc) is 1.53. The third kappa shape index (κ3) is 9.87. The molecule has 23 heteroatoms. The van der Waals surface area contributed by atoms with Gasteiger partial charge < -0.3 is 18.9 Å². The van der Waals surface area contributed by atoms with E-state index in [4.69, 9.17) is 28.9 Å². The Morgan fingerprint density at radius 2 is 0.753 bits per heavy atom. The average molecular weight is 1220 g/mol. The molecule has 2 aliphatic heterocycles. The van der Waals surface area contributed by atoms with Gasteiger partial charge in [-0.3, -0.25) is 38.6 Å². The number of nitriles is 4. The van der Waals surface area contributed by atoms with Crippen molar-refractivity contribution in [1.82, 2.24) is 9.80 Å². The van der Waals surface area contributed by atoms with E-state index in [0.717, 1.165) is 57.5 Å². The zero-order valence-corrected chi connectivity index (χ0v) is 48.7. The van der Waals surface area contributed by atoms with Gasteiger partial charge in [0.2, 0.25) is 10.8 Å². The summed E-state index contributed by atoms with van der Waals surface area (Å²) < 4.78 is 26.3. The summed E-state index contributed by atoms with van der Waals surface area (Å²) in [6.07, 6.45) is 3.01. The number of benzene rings is 4. The largest absolute Gasteiger partial charge is 0.459 e. The Bertz CT molecular complexity index is 3940. The maximum atomic E-state index is 15.7. The van der Waals surface area contributed by atoms with Gasteiger partial charge in [-0.25, -0.2) is 9.98 Å². The number of rotatable bonds is 16. The van der Waals surface area contributed by atoms with Crippen LogP contribution in [0.25, 0.3) is 31.0 Å². The number of nitrogens with zero attached hydrogens (tertiary/aromatic N) is 8. The molecule has 18 nitrogen and oxygen atoms in total. The molecule has 0 saturated carbocycles. The summed E-state index contributed by atoms with van der Waals surface area (Å²) in [6, 6.07) is 42.3. The van der Waals surface area contributed by atoms with E-state index in [-0.39, 0.29) is 93.3 Å². The summed E-state index contributed by atoms with van der Waals surface area (Å²) in [5.74, 6) is -5.88. The van der Waals surface area contributed by atoms with Crippen molar-refractivity contribution in [2.45, 2.75) is 51.1 Å². The lowest BCUT2D eigenvalue weighted by atomic mass is 9.80. The van der Waals surface area contributed by atoms with Crippen LogP contribution < -0.4 is 0 Å². The van der Waals surface area contributed by atoms with Crippen LogP contribution >= 0.6 is 57.5 Å². The fraction of sp³-hybridized carbons (Fsp3) is 0.161. The van der Waals surface area contributed by atoms with E-state index in [1.807, 2.05) is 24.3 Å². The second-order valence-corrected chi connectivity index (χ2v) is 23.9. The Labute approximate surface area is 505 Å². The van der Waals surface area contributed by atoms with Gasteiger partial charge in [0.1, 0.15) is 60.8 Å². The lowest BCUT2D eigenvalue weighted by Crippen LogP contribution is -2.46. The molecular weight excluding hydrogens is 1180 g/mol. The minimum absolute atomic E-state index is 0.0130. The number of thioether (sulfide) groups is 2. The molecule has 2 saturated heterocycles. The maximum Gasteiger partial charge on any atom is 0.334 e. The SMILES string of the molecule is CCN1C(=O)/C(=N/C2=Cc3sc4c(sc5c6c(sc54)C=C(/N=C4\SC(=C(C#N)C#N)N(CC)C4=O)C6(C(=O)OCc4ccccc4)C(=O)OCc4ccccc4)c3C2(C(=O)OCc2ccccc2)C(=O)OCc2ccccc2)SC1=C(C#N)C#N. The Morgan fingerprint density at radius 3 is 1.02 bits per heavy atom. The van der Waals surface area contributed by atoms with Gasteiger partial charge >= 0.3 is 23.9 Å².